The highest BCUT2D eigenvalue weighted by molar-refractivity contribution is 5.98. The Kier molecular flexibility index (Phi) is 5.84. The summed E-state index contributed by atoms with van der Waals surface area (Å²) in [5.74, 6) is -1.14. The molecule has 0 aliphatic heterocycles. The molecule has 1 atom stereocenters. The van der Waals surface area contributed by atoms with E-state index in [1.165, 1.54) is 0 Å². The molecular formula is C19H20N2O3. The van der Waals surface area contributed by atoms with Gasteiger partial charge in [-0.3, -0.25) is 14.4 Å². The third-order valence-corrected chi connectivity index (χ3v) is 3.68. The predicted octanol–water partition coefficient (Wildman–Crippen LogP) is 2.30. The summed E-state index contributed by atoms with van der Waals surface area (Å²) in [5.41, 5.74) is 7.61. The number of nitrogens with two attached hydrogens (primary N) is 1. The molecule has 5 nitrogen and oxygen atoms in total. The quantitative estimate of drug-likeness (QED) is 0.766. The van der Waals surface area contributed by atoms with Crippen molar-refractivity contribution in [2.24, 2.45) is 5.73 Å². The Labute approximate surface area is 140 Å². The van der Waals surface area contributed by atoms with E-state index < -0.39 is 11.9 Å². The maximum atomic E-state index is 12.1. The molecule has 0 fully saturated rings. The Bertz CT molecular complexity index is 724. The van der Waals surface area contributed by atoms with Gasteiger partial charge in [0.15, 0.2) is 5.78 Å². The highest BCUT2D eigenvalue weighted by Gasteiger charge is 2.20. The van der Waals surface area contributed by atoms with Crippen LogP contribution in [0.2, 0.25) is 0 Å². The van der Waals surface area contributed by atoms with E-state index in [0.717, 1.165) is 5.56 Å². The molecule has 2 aromatic rings. The molecule has 0 spiro atoms. The summed E-state index contributed by atoms with van der Waals surface area (Å²) in [6, 6.07) is 15.1. The van der Waals surface area contributed by atoms with Crippen LogP contribution in [0.25, 0.3) is 0 Å². The van der Waals surface area contributed by atoms with E-state index in [2.05, 4.69) is 5.32 Å². The Morgan fingerprint density at radius 1 is 0.958 bits per heavy atom. The first kappa shape index (κ1) is 17.4. The molecule has 0 heterocycles. The Morgan fingerprint density at radius 3 is 2.17 bits per heavy atom. The number of aryl methyl sites for hydroxylation is 1. The first-order chi connectivity index (χ1) is 11.5. The third-order valence-electron chi connectivity index (χ3n) is 3.68. The van der Waals surface area contributed by atoms with Gasteiger partial charge in [0.05, 0.1) is 0 Å². The van der Waals surface area contributed by atoms with Gasteiger partial charge in [-0.1, -0.05) is 60.2 Å². The second-order valence-corrected chi connectivity index (χ2v) is 5.60. The van der Waals surface area contributed by atoms with Crippen LogP contribution in [0.15, 0.2) is 54.6 Å². The van der Waals surface area contributed by atoms with Crippen LogP contribution in [0.1, 0.15) is 40.4 Å². The van der Waals surface area contributed by atoms with Crippen molar-refractivity contribution in [1.82, 2.24) is 5.32 Å². The van der Waals surface area contributed by atoms with Gasteiger partial charge in [-0.2, -0.15) is 0 Å². The number of carbonyl (C=O) groups excluding carboxylic acids is 3. The van der Waals surface area contributed by atoms with E-state index >= 15 is 0 Å². The summed E-state index contributed by atoms with van der Waals surface area (Å²) < 4.78 is 0. The molecule has 0 saturated heterocycles. The van der Waals surface area contributed by atoms with Gasteiger partial charge in [0, 0.05) is 18.4 Å². The summed E-state index contributed by atoms with van der Waals surface area (Å²) in [4.78, 5) is 35.7. The van der Waals surface area contributed by atoms with E-state index in [1.54, 1.807) is 36.4 Å². The zero-order valence-corrected chi connectivity index (χ0v) is 13.5. The largest absolute Gasteiger partial charge is 0.368 e. The number of amides is 2. The van der Waals surface area contributed by atoms with Gasteiger partial charge in [0.25, 0.3) is 0 Å². The molecule has 24 heavy (non-hydrogen) atoms. The van der Waals surface area contributed by atoms with Crippen LogP contribution in [-0.2, 0) is 9.59 Å². The summed E-state index contributed by atoms with van der Waals surface area (Å²) >= 11 is 0. The number of nitrogens with one attached hydrogen (secondary N) is 1. The van der Waals surface area contributed by atoms with Crippen LogP contribution in [0, 0.1) is 6.92 Å². The van der Waals surface area contributed by atoms with E-state index in [4.69, 9.17) is 5.73 Å². The zero-order valence-electron chi connectivity index (χ0n) is 13.5. The second-order valence-electron chi connectivity index (χ2n) is 5.60. The number of primary amides is 1. The van der Waals surface area contributed by atoms with Gasteiger partial charge in [0.1, 0.15) is 6.04 Å². The van der Waals surface area contributed by atoms with Crippen molar-refractivity contribution in [3.05, 3.63) is 71.3 Å². The first-order valence-corrected chi connectivity index (χ1v) is 7.71. The topological polar surface area (TPSA) is 89.3 Å². The molecule has 0 saturated carbocycles. The Hall–Kier alpha value is -2.95. The fraction of sp³-hybridized carbons (Fsp3) is 0.211. The highest BCUT2D eigenvalue weighted by Crippen LogP contribution is 2.13. The minimum atomic E-state index is -0.895. The van der Waals surface area contributed by atoms with Gasteiger partial charge in [-0.05, 0) is 12.5 Å². The molecule has 3 N–H and O–H groups in total. The number of carbonyl (C=O) groups is 3. The lowest BCUT2D eigenvalue weighted by Gasteiger charge is -2.15. The zero-order chi connectivity index (χ0) is 17.5. The Morgan fingerprint density at radius 2 is 1.58 bits per heavy atom. The number of benzene rings is 2. The van der Waals surface area contributed by atoms with Crippen LogP contribution in [-0.4, -0.2) is 17.6 Å². The van der Waals surface area contributed by atoms with Crippen LogP contribution < -0.4 is 11.1 Å². The van der Waals surface area contributed by atoms with Gasteiger partial charge in [-0.15, -0.1) is 0 Å². The molecule has 124 valence electrons. The molecule has 5 heteroatoms. The molecule has 0 bridgehead atoms. The smallest absolute Gasteiger partial charge is 0.244 e. The van der Waals surface area contributed by atoms with Crippen molar-refractivity contribution < 1.29 is 14.4 Å². The molecular weight excluding hydrogens is 304 g/mol. The fourth-order valence-corrected chi connectivity index (χ4v) is 2.31. The number of hydrogen-bond acceptors (Lipinski definition) is 3. The van der Waals surface area contributed by atoms with Crippen molar-refractivity contribution in [3.8, 4) is 0 Å². The lowest BCUT2D eigenvalue weighted by atomic mass is 10.0. The molecule has 2 rings (SSSR count). The van der Waals surface area contributed by atoms with Crippen molar-refractivity contribution in [2.75, 3.05) is 0 Å². The SMILES string of the molecule is Cc1ccc(C(=O)CCC(=O)NC(C(N)=O)c2ccccc2)cc1. The van der Waals surface area contributed by atoms with Crippen molar-refractivity contribution in [2.45, 2.75) is 25.8 Å². The number of rotatable bonds is 7. The van der Waals surface area contributed by atoms with Crippen LogP contribution in [0.5, 0.6) is 0 Å². The lowest BCUT2D eigenvalue weighted by molar-refractivity contribution is -0.127. The molecule has 1 unspecified atom stereocenters. The number of ketones is 1. The number of Topliss-reactive ketones (excluding diaryl/α,β-unsaturated/α-hetero) is 1. The molecule has 0 aromatic heterocycles. The highest BCUT2D eigenvalue weighted by atomic mass is 16.2. The maximum Gasteiger partial charge on any atom is 0.244 e. The van der Waals surface area contributed by atoms with Crippen LogP contribution >= 0.6 is 0 Å². The minimum absolute atomic E-state index is 0.00330. The second kappa shape index (κ2) is 8.06. The monoisotopic (exact) mass is 324 g/mol. The van der Waals surface area contributed by atoms with E-state index in [9.17, 15) is 14.4 Å². The molecule has 2 amide bonds. The van der Waals surface area contributed by atoms with Crippen LogP contribution in [0.4, 0.5) is 0 Å². The Balaban J connectivity index is 1.93. The fourth-order valence-electron chi connectivity index (χ4n) is 2.31. The molecule has 0 aliphatic carbocycles. The number of hydrogen-bond donors (Lipinski definition) is 2. The van der Waals surface area contributed by atoms with Gasteiger partial charge in [0.2, 0.25) is 11.8 Å². The van der Waals surface area contributed by atoms with Crippen LogP contribution in [0.3, 0.4) is 0 Å². The molecule has 0 aliphatic rings. The predicted molar refractivity (Wildman–Crippen MR) is 91.3 cm³/mol. The normalized spacial score (nSPS) is 11.5. The van der Waals surface area contributed by atoms with Crippen molar-refractivity contribution in [3.63, 3.8) is 0 Å². The van der Waals surface area contributed by atoms with Gasteiger partial charge in [-0.25, -0.2) is 0 Å². The lowest BCUT2D eigenvalue weighted by Crippen LogP contribution is -2.37. The van der Waals surface area contributed by atoms with Gasteiger partial charge >= 0.3 is 0 Å². The molecule has 0 radical (unpaired) electrons. The third kappa shape index (κ3) is 4.78. The van der Waals surface area contributed by atoms with Gasteiger partial charge < -0.3 is 11.1 Å². The van der Waals surface area contributed by atoms with E-state index in [0.29, 0.717) is 11.1 Å². The van der Waals surface area contributed by atoms with Crippen molar-refractivity contribution in [1.29, 1.82) is 0 Å². The van der Waals surface area contributed by atoms with E-state index in [1.807, 2.05) is 25.1 Å². The summed E-state index contributed by atoms with van der Waals surface area (Å²) in [5, 5.41) is 2.58. The maximum absolute atomic E-state index is 12.1. The average Bonchev–Trinajstić information content (AvgIpc) is 2.58. The minimum Gasteiger partial charge on any atom is -0.368 e. The summed E-state index contributed by atoms with van der Waals surface area (Å²) in [6.45, 7) is 1.94. The first-order valence-electron chi connectivity index (χ1n) is 7.71. The molecule has 2 aromatic carbocycles. The van der Waals surface area contributed by atoms with Crippen molar-refractivity contribution >= 4 is 17.6 Å². The average molecular weight is 324 g/mol. The van der Waals surface area contributed by atoms with E-state index in [-0.39, 0.29) is 24.5 Å². The summed E-state index contributed by atoms with van der Waals surface area (Å²) in [6.07, 6.45) is 0.0818. The standard InChI is InChI=1S/C19H20N2O3/c1-13-7-9-14(10-8-13)16(22)11-12-17(23)21-18(19(20)24)15-5-3-2-4-6-15/h2-10,18H,11-12H2,1H3,(H2,20,24)(H,21,23). The summed E-state index contributed by atoms with van der Waals surface area (Å²) in [7, 11) is 0.